The van der Waals surface area contributed by atoms with E-state index in [9.17, 15) is 4.79 Å². The van der Waals surface area contributed by atoms with Crippen molar-refractivity contribution in [2.24, 2.45) is 0 Å². The molecule has 15 heavy (non-hydrogen) atoms. The maximum absolute atomic E-state index is 10.7. The molecule has 2 fully saturated rings. The smallest absolute Gasteiger partial charge is 0.304 e. The zero-order chi connectivity index (χ0) is 10.9. The molecule has 1 aliphatic carbocycles. The molecule has 0 aromatic carbocycles. The maximum Gasteiger partial charge on any atom is 0.304 e. The van der Waals surface area contributed by atoms with Crippen molar-refractivity contribution in [3.8, 4) is 0 Å². The average Bonchev–Trinajstić information content (AvgIpc) is 2.76. The predicted molar refractivity (Wildman–Crippen MR) is 58.9 cm³/mol. The Labute approximate surface area is 91.5 Å². The first-order chi connectivity index (χ1) is 7.14. The van der Waals surface area contributed by atoms with Gasteiger partial charge < -0.3 is 5.11 Å². The molecule has 0 radical (unpaired) electrons. The third-order valence-electron chi connectivity index (χ3n) is 4.19. The van der Waals surface area contributed by atoms with Crippen molar-refractivity contribution < 1.29 is 9.90 Å². The molecular weight excluding hydrogens is 190 g/mol. The molecule has 1 atom stereocenters. The Balaban J connectivity index is 2.03. The predicted octanol–water partition coefficient (Wildman–Crippen LogP) is 2.26. The molecule has 2 rings (SSSR count). The standard InChI is InChI=1S/C12H21NO2/c1-10(9-11(14)15)13-8-4-7-12(13)5-2-3-6-12/h10H,2-9H2,1H3,(H,14,15). The minimum Gasteiger partial charge on any atom is -0.481 e. The molecule has 1 saturated carbocycles. The lowest BCUT2D eigenvalue weighted by Gasteiger charge is -2.39. The van der Waals surface area contributed by atoms with Gasteiger partial charge in [0.05, 0.1) is 6.42 Å². The Hall–Kier alpha value is -0.570. The first kappa shape index (κ1) is 10.9. The van der Waals surface area contributed by atoms with E-state index < -0.39 is 5.97 Å². The molecule has 86 valence electrons. The van der Waals surface area contributed by atoms with Gasteiger partial charge in [0, 0.05) is 11.6 Å². The topological polar surface area (TPSA) is 40.5 Å². The fraction of sp³-hybridized carbons (Fsp3) is 0.917. The van der Waals surface area contributed by atoms with Gasteiger partial charge in [0.1, 0.15) is 0 Å². The number of hydrogen-bond donors (Lipinski definition) is 1. The Kier molecular flexibility index (Phi) is 3.01. The summed E-state index contributed by atoms with van der Waals surface area (Å²) in [4.78, 5) is 13.2. The zero-order valence-electron chi connectivity index (χ0n) is 9.54. The Morgan fingerprint density at radius 3 is 2.53 bits per heavy atom. The maximum atomic E-state index is 10.7. The summed E-state index contributed by atoms with van der Waals surface area (Å²) in [7, 11) is 0. The van der Waals surface area contributed by atoms with Gasteiger partial charge in [0.25, 0.3) is 0 Å². The second-order valence-electron chi connectivity index (χ2n) is 5.18. The van der Waals surface area contributed by atoms with Gasteiger partial charge in [-0.1, -0.05) is 12.8 Å². The summed E-state index contributed by atoms with van der Waals surface area (Å²) in [5, 5.41) is 8.85. The number of carboxylic acids is 1. The zero-order valence-corrected chi connectivity index (χ0v) is 9.54. The van der Waals surface area contributed by atoms with E-state index in [0.717, 1.165) is 6.54 Å². The molecule has 1 N–H and O–H groups in total. The molecule has 2 aliphatic rings. The van der Waals surface area contributed by atoms with Gasteiger partial charge in [-0.05, 0) is 39.2 Å². The van der Waals surface area contributed by atoms with E-state index in [-0.39, 0.29) is 6.04 Å². The minimum atomic E-state index is -0.664. The van der Waals surface area contributed by atoms with Gasteiger partial charge in [0.2, 0.25) is 0 Å². The molecule has 0 bridgehead atoms. The Morgan fingerprint density at radius 2 is 1.93 bits per heavy atom. The van der Waals surface area contributed by atoms with E-state index in [2.05, 4.69) is 11.8 Å². The van der Waals surface area contributed by atoms with Crippen molar-refractivity contribution in [1.29, 1.82) is 0 Å². The van der Waals surface area contributed by atoms with Crippen LogP contribution in [0.2, 0.25) is 0 Å². The molecule has 1 unspecified atom stereocenters. The molecule has 0 amide bonds. The van der Waals surface area contributed by atoms with Crippen LogP contribution < -0.4 is 0 Å². The summed E-state index contributed by atoms with van der Waals surface area (Å²) in [6, 6.07) is 0.211. The number of rotatable bonds is 3. The van der Waals surface area contributed by atoms with Crippen LogP contribution in [-0.2, 0) is 4.79 Å². The highest BCUT2D eigenvalue weighted by Gasteiger charge is 2.44. The molecule has 1 aliphatic heterocycles. The van der Waals surface area contributed by atoms with E-state index in [0.29, 0.717) is 12.0 Å². The van der Waals surface area contributed by atoms with Gasteiger partial charge in [-0.2, -0.15) is 0 Å². The van der Waals surface area contributed by atoms with E-state index in [1.165, 1.54) is 38.5 Å². The molecule has 0 aromatic rings. The van der Waals surface area contributed by atoms with Crippen LogP contribution >= 0.6 is 0 Å². The van der Waals surface area contributed by atoms with E-state index in [1.54, 1.807) is 0 Å². The SMILES string of the molecule is CC(CC(=O)O)N1CCCC12CCCC2. The van der Waals surface area contributed by atoms with Crippen LogP contribution in [-0.4, -0.2) is 34.1 Å². The quantitative estimate of drug-likeness (QED) is 0.778. The van der Waals surface area contributed by atoms with Gasteiger partial charge in [-0.3, -0.25) is 9.69 Å². The Morgan fingerprint density at radius 1 is 1.33 bits per heavy atom. The van der Waals surface area contributed by atoms with Gasteiger partial charge in [-0.25, -0.2) is 0 Å². The minimum absolute atomic E-state index is 0.211. The van der Waals surface area contributed by atoms with Crippen LogP contribution in [0.1, 0.15) is 51.9 Å². The number of carbonyl (C=O) groups is 1. The second kappa shape index (κ2) is 4.12. The first-order valence-corrected chi connectivity index (χ1v) is 6.13. The van der Waals surface area contributed by atoms with Crippen LogP contribution in [0.5, 0.6) is 0 Å². The summed E-state index contributed by atoms with van der Waals surface area (Å²) in [5.74, 6) is -0.664. The highest BCUT2D eigenvalue weighted by Crippen LogP contribution is 2.44. The lowest BCUT2D eigenvalue weighted by Crippen LogP contribution is -2.47. The van der Waals surface area contributed by atoms with Crippen molar-refractivity contribution in [1.82, 2.24) is 4.90 Å². The van der Waals surface area contributed by atoms with Gasteiger partial charge >= 0.3 is 5.97 Å². The molecule has 3 nitrogen and oxygen atoms in total. The van der Waals surface area contributed by atoms with Gasteiger partial charge in [0.15, 0.2) is 0 Å². The van der Waals surface area contributed by atoms with Crippen LogP contribution in [0, 0.1) is 0 Å². The van der Waals surface area contributed by atoms with E-state index in [4.69, 9.17) is 5.11 Å². The normalized spacial score (nSPS) is 27.3. The number of likely N-dealkylation sites (tertiary alicyclic amines) is 1. The summed E-state index contributed by atoms with van der Waals surface area (Å²) >= 11 is 0. The fourth-order valence-corrected chi connectivity index (χ4v) is 3.58. The third kappa shape index (κ3) is 2.03. The van der Waals surface area contributed by atoms with E-state index in [1.807, 2.05) is 0 Å². The largest absolute Gasteiger partial charge is 0.481 e. The number of hydrogen-bond acceptors (Lipinski definition) is 2. The van der Waals surface area contributed by atoms with Crippen molar-refractivity contribution in [2.75, 3.05) is 6.54 Å². The van der Waals surface area contributed by atoms with Gasteiger partial charge in [-0.15, -0.1) is 0 Å². The van der Waals surface area contributed by atoms with E-state index >= 15 is 0 Å². The monoisotopic (exact) mass is 211 g/mol. The van der Waals surface area contributed by atoms with Crippen molar-refractivity contribution in [3.05, 3.63) is 0 Å². The molecule has 1 heterocycles. The summed E-state index contributed by atoms with van der Waals surface area (Å²) < 4.78 is 0. The first-order valence-electron chi connectivity index (χ1n) is 6.13. The molecule has 1 spiro atoms. The van der Waals surface area contributed by atoms with Crippen LogP contribution in [0.4, 0.5) is 0 Å². The second-order valence-corrected chi connectivity index (χ2v) is 5.18. The average molecular weight is 211 g/mol. The number of aliphatic carboxylic acids is 1. The Bertz CT molecular complexity index is 240. The van der Waals surface area contributed by atoms with Crippen molar-refractivity contribution in [2.45, 2.75) is 63.5 Å². The molecule has 3 heteroatoms. The highest BCUT2D eigenvalue weighted by atomic mass is 16.4. The van der Waals surface area contributed by atoms with Crippen molar-refractivity contribution in [3.63, 3.8) is 0 Å². The summed E-state index contributed by atoms with van der Waals surface area (Å²) in [5.41, 5.74) is 0.384. The molecular formula is C12H21NO2. The fourth-order valence-electron chi connectivity index (χ4n) is 3.58. The lowest BCUT2D eigenvalue weighted by molar-refractivity contribution is -0.138. The van der Waals surface area contributed by atoms with Crippen molar-refractivity contribution >= 4 is 5.97 Å². The number of carboxylic acid groups (broad SMARTS) is 1. The lowest BCUT2D eigenvalue weighted by atomic mass is 9.93. The van der Waals surface area contributed by atoms with Crippen LogP contribution in [0.15, 0.2) is 0 Å². The molecule has 0 aromatic heterocycles. The third-order valence-corrected chi connectivity index (χ3v) is 4.19. The number of nitrogens with zero attached hydrogens (tertiary/aromatic N) is 1. The van der Waals surface area contributed by atoms with Crippen LogP contribution in [0.3, 0.4) is 0 Å². The highest BCUT2D eigenvalue weighted by molar-refractivity contribution is 5.67. The molecule has 1 saturated heterocycles. The summed E-state index contributed by atoms with van der Waals surface area (Å²) in [6.07, 6.45) is 8.07. The summed E-state index contributed by atoms with van der Waals surface area (Å²) in [6.45, 7) is 3.17. The van der Waals surface area contributed by atoms with Crippen LogP contribution in [0.25, 0.3) is 0 Å².